The Bertz CT molecular complexity index is 326. The van der Waals surface area contributed by atoms with E-state index in [0.29, 0.717) is 11.8 Å². The zero-order chi connectivity index (χ0) is 10.7. The monoisotopic (exact) mass is 199 g/mol. The van der Waals surface area contributed by atoms with Gasteiger partial charge in [0.25, 0.3) is 0 Å². The Balaban J connectivity index is 2.15. The number of rotatable bonds is 3. The van der Waals surface area contributed by atoms with Crippen LogP contribution in [0.25, 0.3) is 0 Å². The predicted octanol–water partition coefficient (Wildman–Crippen LogP) is 3.11. The lowest BCUT2D eigenvalue weighted by atomic mass is 9.97. The second kappa shape index (κ2) is 4.35. The lowest BCUT2D eigenvalue weighted by Gasteiger charge is -2.17. The average molecular weight is 199 g/mol. The zero-order valence-electron chi connectivity index (χ0n) is 8.97. The summed E-state index contributed by atoms with van der Waals surface area (Å²) in [6, 6.07) is 10.5. The largest absolute Gasteiger partial charge is 0.370 e. The Morgan fingerprint density at radius 2 is 1.53 bits per heavy atom. The van der Waals surface area contributed by atoms with Crippen LogP contribution >= 0.6 is 0 Å². The van der Waals surface area contributed by atoms with Crippen molar-refractivity contribution < 1.29 is 0 Å². The second-order valence-corrected chi connectivity index (χ2v) is 4.04. The molecule has 1 aromatic rings. The zero-order valence-corrected chi connectivity index (χ0v) is 8.97. The third-order valence-electron chi connectivity index (χ3n) is 3.14. The molecule has 0 N–H and O–H groups in total. The van der Waals surface area contributed by atoms with Crippen molar-refractivity contribution in [1.82, 2.24) is 0 Å². The lowest BCUT2D eigenvalue weighted by Crippen LogP contribution is -2.19. The minimum atomic E-state index is 0.544. The highest BCUT2D eigenvalue weighted by Crippen LogP contribution is 2.29. The normalized spacial score (nSPS) is 25.2. The van der Waals surface area contributed by atoms with Gasteiger partial charge in [0.15, 0.2) is 0 Å². The minimum absolute atomic E-state index is 0.544. The van der Waals surface area contributed by atoms with E-state index in [-0.39, 0.29) is 0 Å². The number of para-hydroxylation sites is 1. The molecule has 0 radical (unpaired) electrons. The number of hydrogen-bond acceptors (Lipinski definition) is 1. The first-order valence-corrected chi connectivity index (χ1v) is 5.40. The Labute approximate surface area is 91.7 Å². The molecule has 2 atom stereocenters. The molecule has 1 saturated heterocycles. The first kappa shape index (κ1) is 10.0. The van der Waals surface area contributed by atoms with Crippen LogP contribution in [-0.4, -0.2) is 13.1 Å². The standard InChI is InChI=1S/C14H17N/c1-3-12-10-15(11-13(12)4-2)14-8-6-5-7-9-14/h3-9,12-13H,1-2,10-11H2/t12-,13+. The fourth-order valence-electron chi connectivity index (χ4n) is 2.20. The van der Waals surface area contributed by atoms with Crippen molar-refractivity contribution in [3.63, 3.8) is 0 Å². The van der Waals surface area contributed by atoms with Crippen molar-refractivity contribution in [1.29, 1.82) is 0 Å². The quantitative estimate of drug-likeness (QED) is 0.676. The van der Waals surface area contributed by atoms with Gasteiger partial charge in [-0.25, -0.2) is 0 Å². The summed E-state index contributed by atoms with van der Waals surface area (Å²) in [5.41, 5.74) is 1.30. The molecule has 0 aromatic heterocycles. The molecule has 0 amide bonds. The minimum Gasteiger partial charge on any atom is -0.370 e. The molecule has 0 spiro atoms. The van der Waals surface area contributed by atoms with Crippen LogP contribution in [0.3, 0.4) is 0 Å². The van der Waals surface area contributed by atoms with E-state index in [2.05, 4.69) is 60.5 Å². The van der Waals surface area contributed by atoms with Crippen molar-refractivity contribution >= 4 is 5.69 Å². The first-order valence-electron chi connectivity index (χ1n) is 5.40. The average Bonchev–Trinajstić information content (AvgIpc) is 2.73. The summed E-state index contributed by atoms with van der Waals surface area (Å²) in [6.07, 6.45) is 4.10. The molecule has 78 valence electrons. The first-order chi connectivity index (χ1) is 7.35. The Morgan fingerprint density at radius 1 is 1.00 bits per heavy atom. The van der Waals surface area contributed by atoms with Gasteiger partial charge in [0.05, 0.1) is 0 Å². The molecule has 1 nitrogen and oxygen atoms in total. The van der Waals surface area contributed by atoms with E-state index in [4.69, 9.17) is 0 Å². The summed E-state index contributed by atoms with van der Waals surface area (Å²) in [5, 5.41) is 0. The van der Waals surface area contributed by atoms with E-state index in [0.717, 1.165) is 13.1 Å². The molecule has 0 aliphatic carbocycles. The van der Waals surface area contributed by atoms with Crippen molar-refractivity contribution in [2.24, 2.45) is 11.8 Å². The molecule has 1 aliphatic heterocycles. The molecule has 0 bridgehead atoms. The van der Waals surface area contributed by atoms with E-state index in [1.165, 1.54) is 5.69 Å². The summed E-state index contributed by atoms with van der Waals surface area (Å²) in [5.74, 6) is 1.09. The number of anilines is 1. The van der Waals surface area contributed by atoms with Crippen LogP contribution in [0.5, 0.6) is 0 Å². The highest BCUT2D eigenvalue weighted by atomic mass is 15.2. The summed E-state index contributed by atoms with van der Waals surface area (Å²) < 4.78 is 0. The third kappa shape index (κ3) is 1.96. The molecule has 1 heteroatoms. The van der Waals surface area contributed by atoms with Gasteiger partial charge in [-0.2, -0.15) is 0 Å². The molecular weight excluding hydrogens is 182 g/mol. The molecule has 1 heterocycles. The maximum Gasteiger partial charge on any atom is 0.0366 e. The van der Waals surface area contributed by atoms with E-state index in [9.17, 15) is 0 Å². The van der Waals surface area contributed by atoms with Gasteiger partial charge in [-0.05, 0) is 12.1 Å². The van der Waals surface area contributed by atoms with Crippen LogP contribution in [-0.2, 0) is 0 Å². The molecule has 15 heavy (non-hydrogen) atoms. The van der Waals surface area contributed by atoms with Gasteiger partial charge >= 0.3 is 0 Å². The maximum atomic E-state index is 3.89. The molecule has 1 fully saturated rings. The van der Waals surface area contributed by atoms with Crippen molar-refractivity contribution in [3.8, 4) is 0 Å². The van der Waals surface area contributed by atoms with Crippen molar-refractivity contribution in [2.75, 3.05) is 18.0 Å². The van der Waals surface area contributed by atoms with Crippen LogP contribution in [0.4, 0.5) is 5.69 Å². The molecular formula is C14H17N. The topological polar surface area (TPSA) is 3.24 Å². The Hall–Kier alpha value is -1.50. The van der Waals surface area contributed by atoms with Gasteiger partial charge < -0.3 is 4.90 Å². The fourth-order valence-corrected chi connectivity index (χ4v) is 2.20. The summed E-state index contributed by atoms with van der Waals surface area (Å²) in [4.78, 5) is 2.40. The Morgan fingerprint density at radius 3 is 2.00 bits per heavy atom. The van der Waals surface area contributed by atoms with E-state index < -0.39 is 0 Å². The van der Waals surface area contributed by atoms with Crippen LogP contribution in [0.2, 0.25) is 0 Å². The maximum absolute atomic E-state index is 3.89. The molecule has 2 rings (SSSR count). The SMILES string of the molecule is C=C[C@@H]1CN(c2ccccc2)C[C@@H]1C=C. The third-order valence-corrected chi connectivity index (χ3v) is 3.14. The summed E-state index contributed by atoms with van der Waals surface area (Å²) >= 11 is 0. The van der Waals surface area contributed by atoms with Gasteiger partial charge in [0.2, 0.25) is 0 Å². The van der Waals surface area contributed by atoms with Crippen LogP contribution in [0.15, 0.2) is 55.6 Å². The predicted molar refractivity (Wildman–Crippen MR) is 66.0 cm³/mol. The van der Waals surface area contributed by atoms with Gasteiger partial charge in [-0.3, -0.25) is 0 Å². The van der Waals surface area contributed by atoms with Crippen LogP contribution in [0, 0.1) is 11.8 Å². The van der Waals surface area contributed by atoms with E-state index in [1.807, 2.05) is 0 Å². The van der Waals surface area contributed by atoms with Crippen LogP contribution < -0.4 is 4.90 Å². The summed E-state index contributed by atoms with van der Waals surface area (Å²) in [6.45, 7) is 9.91. The lowest BCUT2D eigenvalue weighted by molar-refractivity contribution is 0.604. The summed E-state index contributed by atoms with van der Waals surface area (Å²) in [7, 11) is 0. The highest BCUT2D eigenvalue weighted by Gasteiger charge is 2.28. The molecule has 1 aromatic carbocycles. The van der Waals surface area contributed by atoms with Gasteiger partial charge in [-0.1, -0.05) is 30.4 Å². The van der Waals surface area contributed by atoms with Gasteiger partial charge in [0.1, 0.15) is 0 Å². The fraction of sp³-hybridized carbons (Fsp3) is 0.286. The second-order valence-electron chi connectivity index (χ2n) is 4.04. The highest BCUT2D eigenvalue weighted by molar-refractivity contribution is 5.47. The molecule has 1 aliphatic rings. The van der Waals surface area contributed by atoms with E-state index >= 15 is 0 Å². The Kier molecular flexibility index (Phi) is 2.91. The number of nitrogens with zero attached hydrogens (tertiary/aromatic N) is 1. The smallest absolute Gasteiger partial charge is 0.0366 e. The molecule has 0 unspecified atom stereocenters. The molecule has 0 saturated carbocycles. The number of hydrogen-bond donors (Lipinski definition) is 0. The number of benzene rings is 1. The van der Waals surface area contributed by atoms with Gasteiger partial charge in [0, 0.05) is 30.6 Å². The van der Waals surface area contributed by atoms with Crippen molar-refractivity contribution in [3.05, 3.63) is 55.6 Å². The van der Waals surface area contributed by atoms with Gasteiger partial charge in [-0.15, -0.1) is 13.2 Å². The van der Waals surface area contributed by atoms with Crippen LogP contribution in [0.1, 0.15) is 0 Å². The van der Waals surface area contributed by atoms with Crippen molar-refractivity contribution in [2.45, 2.75) is 0 Å². The van der Waals surface area contributed by atoms with E-state index in [1.54, 1.807) is 0 Å².